The van der Waals surface area contributed by atoms with Gasteiger partial charge in [0.15, 0.2) is 0 Å². The molecule has 0 amide bonds. The summed E-state index contributed by atoms with van der Waals surface area (Å²) in [5.41, 5.74) is 1.06. The topological polar surface area (TPSA) is 38.3 Å². The number of Topliss-reactive ketones (excluding diaryl/α,β-unsaturated/α-hetero) is 1. The lowest BCUT2D eigenvalue weighted by molar-refractivity contribution is -0.123. The molecule has 0 aromatic heterocycles. The van der Waals surface area contributed by atoms with Crippen molar-refractivity contribution in [3.63, 3.8) is 0 Å². The second-order valence-corrected chi connectivity index (χ2v) is 3.85. The summed E-state index contributed by atoms with van der Waals surface area (Å²) in [6, 6.07) is 7.68. The highest BCUT2D eigenvalue weighted by Gasteiger charge is 2.24. The van der Waals surface area contributed by atoms with Crippen molar-refractivity contribution in [1.29, 1.82) is 0 Å². The van der Waals surface area contributed by atoms with Crippen LogP contribution in [0.25, 0.3) is 0 Å². The van der Waals surface area contributed by atoms with Crippen LogP contribution in [-0.4, -0.2) is 26.0 Å². The molecule has 2 rings (SSSR count). The highest BCUT2D eigenvalue weighted by atomic mass is 16.5. The first kappa shape index (κ1) is 10.2. The number of carbonyl (C=O) groups excluding carboxylic acids is 1. The third-order valence-corrected chi connectivity index (χ3v) is 2.77. The molecular weight excluding hydrogens is 190 g/mol. The monoisotopic (exact) mass is 205 g/mol. The third-order valence-electron chi connectivity index (χ3n) is 2.77. The largest absolute Gasteiger partial charge is 0.497 e. The average Bonchev–Trinajstić information content (AvgIpc) is 2.16. The zero-order valence-corrected chi connectivity index (χ0v) is 8.82. The van der Waals surface area contributed by atoms with Gasteiger partial charge in [0.1, 0.15) is 11.5 Å². The van der Waals surface area contributed by atoms with E-state index in [-0.39, 0.29) is 5.92 Å². The van der Waals surface area contributed by atoms with E-state index in [0.29, 0.717) is 12.2 Å². The van der Waals surface area contributed by atoms with E-state index in [1.54, 1.807) is 7.11 Å². The Morgan fingerprint density at radius 2 is 2.07 bits per heavy atom. The molecule has 1 aliphatic heterocycles. The molecule has 0 saturated carbocycles. The van der Waals surface area contributed by atoms with Crippen molar-refractivity contribution in [1.82, 2.24) is 5.32 Å². The fraction of sp³-hybridized carbons (Fsp3) is 0.417. The highest BCUT2D eigenvalue weighted by Crippen LogP contribution is 2.14. The Labute approximate surface area is 89.4 Å². The number of ketones is 1. The molecule has 1 aromatic rings. The number of hydrogen-bond donors (Lipinski definition) is 1. The van der Waals surface area contributed by atoms with Gasteiger partial charge >= 0.3 is 0 Å². The van der Waals surface area contributed by atoms with Crippen molar-refractivity contribution in [2.24, 2.45) is 5.92 Å². The fourth-order valence-corrected chi connectivity index (χ4v) is 1.61. The first-order valence-corrected chi connectivity index (χ1v) is 5.16. The molecule has 80 valence electrons. The lowest BCUT2D eigenvalue weighted by atomic mass is 9.93. The first-order valence-electron chi connectivity index (χ1n) is 5.16. The van der Waals surface area contributed by atoms with Gasteiger partial charge in [-0.25, -0.2) is 0 Å². The molecule has 1 heterocycles. The molecule has 1 aromatic carbocycles. The van der Waals surface area contributed by atoms with Gasteiger partial charge in [-0.05, 0) is 17.7 Å². The van der Waals surface area contributed by atoms with E-state index in [2.05, 4.69) is 5.32 Å². The van der Waals surface area contributed by atoms with Crippen molar-refractivity contribution in [2.45, 2.75) is 6.42 Å². The predicted octanol–water partition coefficient (Wildman–Crippen LogP) is 1.03. The normalized spacial score (nSPS) is 15.8. The maximum absolute atomic E-state index is 11.7. The Morgan fingerprint density at radius 3 is 2.53 bits per heavy atom. The molecular formula is C12H15NO2. The lowest BCUT2D eigenvalue weighted by Crippen LogP contribution is -2.47. The summed E-state index contributed by atoms with van der Waals surface area (Å²) in [6.45, 7) is 1.68. The average molecular weight is 205 g/mol. The van der Waals surface area contributed by atoms with Crippen LogP contribution < -0.4 is 10.1 Å². The van der Waals surface area contributed by atoms with Gasteiger partial charge in [0.2, 0.25) is 0 Å². The Morgan fingerprint density at radius 1 is 1.40 bits per heavy atom. The van der Waals surface area contributed by atoms with Gasteiger partial charge in [0.25, 0.3) is 0 Å². The van der Waals surface area contributed by atoms with Gasteiger partial charge in [-0.2, -0.15) is 0 Å². The standard InChI is InChI=1S/C12H15NO2/c1-15-11-4-2-9(3-5-11)6-12(14)10-7-13-8-10/h2-5,10,13H,6-8H2,1H3. The Bertz CT molecular complexity index is 341. The van der Waals surface area contributed by atoms with Crippen LogP contribution in [0.1, 0.15) is 5.56 Å². The van der Waals surface area contributed by atoms with Crippen LogP contribution in [0, 0.1) is 5.92 Å². The molecule has 1 saturated heterocycles. The van der Waals surface area contributed by atoms with Gasteiger partial charge in [-0.15, -0.1) is 0 Å². The summed E-state index contributed by atoms with van der Waals surface area (Å²) in [5, 5.41) is 3.11. The van der Waals surface area contributed by atoms with Crippen LogP contribution in [-0.2, 0) is 11.2 Å². The summed E-state index contributed by atoms with van der Waals surface area (Å²) < 4.78 is 5.06. The first-order chi connectivity index (χ1) is 7.29. The van der Waals surface area contributed by atoms with Crippen LogP contribution in [0.4, 0.5) is 0 Å². The maximum Gasteiger partial charge on any atom is 0.142 e. The molecule has 0 bridgehead atoms. The zero-order valence-electron chi connectivity index (χ0n) is 8.82. The number of rotatable bonds is 4. The maximum atomic E-state index is 11.7. The highest BCUT2D eigenvalue weighted by molar-refractivity contribution is 5.84. The van der Waals surface area contributed by atoms with Crippen LogP contribution in [0.15, 0.2) is 24.3 Å². The molecule has 1 N–H and O–H groups in total. The quantitative estimate of drug-likeness (QED) is 0.797. The van der Waals surface area contributed by atoms with E-state index in [0.717, 1.165) is 24.4 Å². The van der Waals surface area contributed by atoms with Crippen molar-refractivity contribution in [2.75, 3.05) is 20.2 Å². The smallest absolute Gasteiger partial charge is 0.142 e. The fourth-order valence-electron chi connectivity index (χ4n) is 1.61. The van der Waals surface area contributed by atoms with Crippen molar-refractivity contribution in [3.05, 3.63) is 29.8 Å². The summed E-state index contributed by atoms with van der Waals surface area (Å²) in [5.74, 6) is 1.39. The number of hydrogen-bond acceptors (Lipinski definition) is 3. The van der Waals surface area contributed by atoms with Crippen LogP contribution in [0.2, 0.25) is 0 Å². The van der Waals surface area contributed by atoms with Gasteiger partial charge in [0, 0.05) is 25.4 Å². The summed E-state index contributed by atoms with van der Waals surface area (Å²) in [4.78, 5) is 11.7. The van der Waals surface area contributed by atoms with Crippen molar-refractivity contribution < 1.29 is 9.53 Å². The van der Waals surface area contributed by atoms with Gasteiger partial charge in [-0.3, -0.25) is 4.79 Å². The van der Waals surface area contributed by atoms with Gasteiger partial charge in [-0.1, -0.05) is 12.1 Å². The van der Waals surface area contributed by atoms with E-state index < -0.39 is 0 Å². The number of carbonyl (C=O) groups is 1. The molecule has 0 unspecified atom stereocenters. The van der Waals surface area contributed by atoms with Crippen molar-refractivity contribution >= 4 is 5.78 Å². The van der Waals surface area contributed by atoms with Gasteiger partial charge < -0.3 is 10.1 Å². The molecule has 3 nitrogen and oxygen atoms in total. The molecule has 0 atom stereocenters. The molecule has 0 spiro atoms. The minimum Gasteiger partial charge on any atom is -0.497 e. The number of ether oxygens (including phenoxy) is 1. The SMILES string of the molecule is COc1ccc(CC(=O)C2CNC2)cc1. The summed E-state index contributed by atoms with van der Waals surface area (Å²) in [6.07, 6.45) is 0.538. The second-order valence-electron chi connectivity index (χ2n) is 3.85. The summed E-state index contributed by atoms with van der Waals surface area (Å²) >= 11 is 0. The number of nitrogens with one attached hydrogen (secondary N) is 1. The van der Waals surface area contributed by atoms with Crippen LogP contribution in [0.3, 0.4) is 0 Å². The van der Waals surface area contributed by atoms with E-state index in [9.17, 15) is 4.79 Å². The summed E-state index contributed by atoms with van der Waals surface area (Å²) in [7, 11) is 1.64. The van der Waals surface area contributed by atoms with Crippen LogP contribution in [0.5, 0.6) is 5.75 Å². The Kier molecular flexibility index (Phi) is 3.02. The number of benzene rings is 1. The van der Waals surface area contributed by atoms with Crippen LogP contribution >= 0.6 is 0 Å². The van der Waals surface area contributed by atoms with E-state index >= 15 is 0 Å². The molecule has 1 aliphatic rings. The Hall–Kier alpha value is -1.35. The molecule has 15 heavy (non-hydrogen) atoms. The molecule has 1 fully saturated rings. The third kappa shape index (κ3) is 2.36. The van der Waals surface area contributed by atoms with Crippen molar-refractivity contribution in [3.8, 4) is 5.75 Å². The minimum absolute atomic E-state index is 0.229. The van der Waals surface area contributed by atoms with E-state index in [1.165, 1.54) is 0 Å². The predicted molar refractivity (Wildman–Crippen MR) is 58.1 cm³/mol. The van der Waals surface area contributed by atoms with E-state index in [1.807, 2.05) is 24.3 Å². The second kappa shape index (κ2) is 4.45. The number of methoxy groups -OCH3 is 1. The lowest BCUT2D eigenvalue weighted by Gasteiger charge is -2.25. The zero-order chi connectivity index (χ0) is 10.7. The Balaban J connectivity index is 1.94. The minimum atomic E-state index is 0.229. The molecule has 0 radical (unpaired) electrons. The molecule has 0 aliphatic carbocycles. The van der Waals surface area contributed by atoms with E-state index in [4.69, 9.17) is 4.74 Å². The van der Waals surface area contributed by atoms with Gasteiger partial charge in [0.05, 0.1) is 7.11 Å². The molecule has 3 heteroatoms.